The van der Waals surface area contributed by atoms with Gasteiger partial charge in [0.05, 0.1) is 80.8 Å². The molecule has 8 saturated heterocycles. The number of rotatable bonds is 26. The van der Waals surface area contributed by atoms with E-state index in [9.17, 15) is 122 Å². The average molecular weight is 1840 g/mol. The highest BCUT2D eigenvalue weighted by atomic mass is 16.8. The third-order valence-corrected chi connectivity index (χ3v) is 31.4. The molecule has 0 aromatic rings. The van der Waals surface area contributed by atoms with Gasteiger partial charge in [-0.15, -0.1) is 6.58 Å². The van der Waals surface area contributed by atoms with Crippen molar-refractivity contribution >= 4 is 11.9 Å². The summed E-state index contributed by atoms with van der Waals surface area (Å²) in [6.07, 6.45) is -61.7. The van der Waals surface area contributed by atoms with E-state index in [1.165, 1.54) is 39.8 Å². The summed E-state index contributed by atoms with van der Waals surface area (Å²) < 4.78 is 104. The normalized spacial score (nSPS) is 51.9. The van der Waals surface area contributed by atoms with Crippen LogP contribution in [0.25, 0.3) is 0 Å². The molecular weight excluding hydrogens is 1700 g/mol. The molecule has 5 aliphatic carbocycles. The minimum absolute atomic E-state index is 0.00649. The van der Waals surface area contributed by atoms with Crippen LogP contribution in [0.15, 0.2) is 36.0 Å². The van der Waals surface area contributed by atoms with E-state index in [1.807, 2.05) is 27.7 Å². The summed E-state index contributed by atoms with van der Waals surface area (Å²) in [5.74, 6) is -3.59. The maximum Gasteiger partial charge on any atom is 0.336 e. The lowest BCUT2D eigenvalue weighted by atomic mass is 9.33. The van der Waals surface area contributed by atoms with Crippen molar-refractivity contribution in [2.45, 2.75) is 405 Å². The monoisotopic (exact) mass is 1840 g/mol. The van der Waals surface area contributed by atoms with Crippen molar-refractivity contribution in [1.82, 2.24) is 0 Å². The molecule has 0 aromatic carbocycles. The Hall–Kier alpha value is -3.36. The molecule has 4 saturated carbocycles. The smallest absolute Gasteiger partial charge is 0.336 e. The molecule has 12 fully saturated rings. The van der Waals surface area contributed by atoms with Crippen molar-refractivity contribution in [2.24, 2.45) is 50.2 Å². The molecule has 0 aromatic heterocycles. The van der Waals surface area contributed by atoms with Gasteiger partial charge in [0.1, 0.15) is 164 Å². The van der Waals surface area contributed by atoms with Crippen LogP contribution in [-0.2, 0) is 90.1 Å². The van der Waals surface area contributed by atoms with E-state index in [0.717, 1.165) is 5.57 Å². The van der Waals surface area contributed by atoms with Crippen molar-refractivity contribution in [2.75, 3.05) is 33.0 Å². The summed E-state index contributed by atoms with van der Waals surface area (Å²) in [4.78, 5) is 31.6. The van der Waals surface area contributed by atoms with Gasteiger partial charge in [-0.1, -0.05) is 72.3 Å². The predicted molar refractivity (Wildman–Crippen MR) is 428 cm³/mol. The molecule has 42 nitrogen and oxygen atoms in total. The van der Waals surface area contributed by atoms with Gasteiger partial charge in [0.2, 0.25) is 6.29 Å². The Balaban J connectivity index is 0.787. The molecule has 0 unspecified atom stereocenters. The molecule has 49 atom stereocenters. The van der Waals surface area contributed by atoms with E-state index in [-0.39, 0.29) is 43.1 Å². The average Bonchev–Trinajstić information content (AvgIpc) is 0.667. The number of ether oxygens (including phenoxy) is 17. The van der Waals surface area contributed by atoms with E-state index in [2.05, 4.69) is 33.4 Å². The van der Waals surface area contributed by atoms with Gasteiger partial charge in [0.15, 0.2) is 50.1 Å². The van der Waals surface area contributed by atoms with Crippen LogP contribution in [0.5, 0.6) is 0 Å². The summed E-state index contributed by atoms with van der Waals surface area (Å²) in [6, 6.07) is 0. The van der Waals surface area contributed by atoms with E-state index in [1.54, 1.807) is 6.92 Å². The topological polar surface area (TPSA) is 656 Å². The van der Waals surface area contributed by atoms with Crippen molar-refractivity contribution < 1.29 is 208 Å². The zero-order valence-corrected chi connectivity index (χ0v) is 74.0. The van der Waals surface area contributed by atoms with Crippen LogP contribution in [0.4, 0.5) is 0 Å². The van der Waals surface area contributed by atoms with Crippen molar-refractivity contribution in [1.29, 1.82) is 0 Å². The largest absolute Gasteiger partial charge is 0.458 e. The Labute approximate surface area is 740 Å². The SMILES string of the molecule is C=C[C@](C)(CC/C=C(\CO)C(=O)O[C@H]1C[C@]2(C(=O)O[C@@H]3O[C@H](CO)[C@@H](O)[C@H](O)[C@H]3O[C@@H]3O[C@@H](C)[C@H](O[C@@H]4O[C@@H](CO)[C@H](O)[C@H]4O)[C@@H](O[C@@H]4O[C@H](C)[C@@H](O)[C@H](O)[C@H]4O)[C@H]3O)[C@H](O)C[C@]3(C)C(=CC[C@@H]4[C@@]5(C)CC[C@H](O[C@@H]6O[C@H](CO[C@@H]7O[C@H](C)[C@H](O)[C@H](O)[C@H]7O[C@@H]7OC[C@@H](O)[C@H](O)[C@H]7O)[C@@H](O)[C@H](O)[C@H]6O)C(C)(C)[C@@H]5CC[C@]43C)[C@H]2CC1(C)C)O[C@@H]1O[C@H](C)[C@@H](O)[C@H](O)[C@H]1O. The Bertz CT molecular complexity index is 3830. The minimum Gasteiger partial charge on any atom is -0.458 e. The summed E-state index contributed by atoms with van der Waals surface area (Å²) in [7, 11) is 0. The van der Waals surface area contributed by atoms with Crippen LogP contribution < -0.4 is 0 Å². The summed E-state index contributed by atoms with van der Waals surface area (Å²) in [5, 5.41) is 257. The van der Waals surface area contributed by atoms with Gasteiger partial charge in [-0.2, -0.15) is 0 Å². The second-order valence-corrected chi connectivity index (χ2v) is 40.0. The van der Waals surface area contributed by atoms with Gasteiger partial charge in [-0.25, -0.2) is 4.79 Å². The van der Waals surface area contributed by atoms with Crippen LogP contribution in [-0.4, -0.2) is 420 Å². The standard InChI is InChI=1S/C86H138O42/c1-14-82(10,128-76-64(108)56(100)49(93)33(3)115-76)21-15-16-36(27-87)70(110)121-47-26-86(79(111)127-78-69(59(103)52(96)40(28-88)119-78)126-75-65(109)67(124-72-62(106)55(99)48(92)32(2)114-72)66(35(5)117-75)123-74-61(105)53(97)41(29-89)118-74)38(24-80(47,6)7)37-17-18-44-83(11)22-20-46(81(8,9)43(83)19-23-84(44,12)85(37,13)25-45(86)91)122-73-63(107)57(101)54(98)42(120-73)31-113-77-68(58(102)50(94)34(4)116-77)125-71-60(104)51(95)39(90)30-112-71/h14,16-17,32-35,38-69,71-78,87-109H,1,15,18-31H2,2-13H3/b36-16+/t32-,33-,34-,35+,38-,39-,40-,41+,42-,43+,44-,45-,46+,47+,48-,49-,50+,51+,52-,53+,54-,55+,56+,57+,58+,59+,60-,61-,62-,63-,64-,65-,66+,67+,68-,69-,71+,72+,73+,74+,75+,76+,77-,78+,82-,83+,84-,85-,86-/m1/s1. The van der Waals surface area contributed by atoms with Crippen LogP contribution in [0, 0.1) is 50.2 Å². The number of carbonyl (C=O) groups is 2. The zero-order valence-electron chi connectivity index (χ0n) is 74.0. The molecule has 0 spiro atoms. The first-order valence-electron chi connectivity index (χ1n) is 44.6. The fourth-order valence-corrected chi connectivity index (χ4v) is 23.0. The molecule has 42 heteroatoms. The molecule has 0 bridgehead atoms. The molecule has 128 heavy (non-hydrogen) atoms. The van der Waals surface area contributed by atoms with Crippen LogP contribution in [0.1, 0.15) is 147 Å². The zero-order chi connectivity index (χ0) is 94.0. The maximum absolute atomic E-state index is 16.7. The number of hydrogen-bond donors (Lipinski definition) is 23. The fourth-order valence-electron chi connectivity index (χ4n) is 23.0. The third-order valence-electron chi connectivity index (χ3n) is 31.4. The molecule has 8 aliphatic heterocycles. The molecule has 0 amide bonds. The van der Waals surface area contributed by atoms with Gasteiger partial charge in [-0.3, -0.25) is 4.79 Å². The molecule has 0 radical (unpaired) electrons. The van der Waals surface area contributed by atoms with Crippen LogP contribution in [0.3, 0.4) is 0 Å². The lowest BCUT2D eigenvalue weighted by Crippen LogP contribution is -2.70. The highest BCUT2D eigenvalue weighted by Crippen LogP contribution is 2.76. The Morgan fingerprint density at radius 3 is 1.60 bits per heavy atom. The highest BCUT2D eigenvalue weighted by Gasteiger charge is 2.74. The first kappa shape index (κ1) is 102. The van der Waals surface area contributed by atoms with Crippen LogP contribution >= 0.6 is 0 Å². The lowest BCUT2D eigenvalue weighted by Gasteiger charge is -2.72. The number of esters is 2. The van der Waals surface area contributed by atoms with Gasteiger partial charge < -0.3 is 198 Å². The second kappa shape index (κ2) is 39.3. The molecule has 23 N–H and O–H groups in total. The number of allylic oxidation sites excluding steroid dienone is 3. The number of carbonyl (C=O) groups excluding carboxylic acids is 2. The number of aliphatic hydroxyl groups is 23. The second-order valence-electron chi connectivity index (χ2n) is 40.0. The Morgan fingerprint density at radius 1 is 0.484 bits per heavy atom. The highest BCUT2D eigenvalue weighted by molar-refractivity contribution is 5.89. The van der Waals surface area contributed by atoms with Gasteiger partial charge in [-0.05, 0) is 132 Å². The Kier molecular flexibility index (Phi) is 31.3. The lowest BCUT2D eigenvalue weighted by molar-refractivity contribution is -0.389. The van der Waals surface area contributed by atoms with Crippen LogP contribution in [0.2, 0.25) is 0 Å². The Morgan fingerprint density at radius 2 is 0.977 bits per heavy atom. The molecule has 13 aliphatic rings. The van der Waals surface area contributed by atoms with Gasteiger partial charge in [0, 0.05) is 11.8 Å². The first-order valence-corrected chi connectivity index (χ1v) is 44.6. The number of hydrogen-bond acceptors (Lipinski definition) is 42. The van der Waals surface area contributed by atoms with Crippen molar-refractivity contribution in [3.05, 3.63) is 36.0 Å². The number of fused-ring (bicyclic) bond motifs is 7. The molecule has 13 rings (SSSR count). The summed E-state index contributed by atoms with van der Waals surface area (Å²) >= 11 is 0. The van der Waals surface area contributed by atoms with E-state index in [4.69, 9.17) is 80.5 Å². The van der Waals surface area contributed by atoms with Gasteiger partial charge in [0.25, 0.3) is 0 Å². The number of aliphatic hydroxyl groups excluding tert-OH is 23. The first-order chi connectivity index (χ1) is 59.9. The molecule has 8 heterocycles. The third kappa shape index (κ3) is 18.6. The minimum atomic E-state index is -2.23. The predicted octanol–water partition coefficient (Wildman–Crippen LogP) is -6.22. The molecule has 734 valence electrons. The summed E-state index contributed by atoms with van der Waals surface area (Å²) in [5.41, 5.74) is -7.11. The fraction of sp³-hybridized carbons (Fsp3) is 0.907. The molecular formula is C86H138O42. The van der Waals surface area contributed by atoms with Gasteiger partial charge >= 0.3 is 11.9 Å². The van der Waals surface area contributed by atoms with E-state index >= 15 is 4.79 Å². The quantitative estimate of drug-likeness (QED) is 0.0166. The maximum atomic E-state index is 16.7. The van der Waals surface area contributed by atoms with E-state index in [0.29, 0.717) is 32.1 Å². The van der Waals surface area contributed by atoms with Crippen molar-refractivity contribution in [3.8, 4) is 0 Å². The van der Waals surface area contributed by atoms with Crippen molar-refractivity contribution in [3.63, 3.8) is 0 Å². The summed E-state index contributed by atoms with van der Waals surface area (Å²) in [6.45, 7) is 21.6. The van der Waals surface area contributed by atoms with E-state index < -0.39 is 347 Å².